The number of hydrogen-bond acceptors (Lipinski definition) is 2. The molecule has 0 fully saturated rings. The van der Waals surface area contributed by atoms with Gasteiger partial charge in [0.05, 0.1) is 19.8 Å². The number of furan rings is 2. The van der Waals surface area contributed by atoms with Gasteiger partial charge in [0.2, 0.25) is 0 Å². The molecule has 172 valence electrons. The normalized spacial score (nSPS) is 18.4. The van der Waals surface area contributed by atoms with Crippen LogP contribution in [0.25, 0.3) is 60.8 Å². The summed E-state index contributed by atoms with van der Waals surface area (Å²) in [5.41, 5.74) is 8.05. The third kappa shape index (κ3) is 2.16. The molecular weight excluding hydrogens is 458 g/mol. The van der Waals surface area contributed by atoms with Crippen LogP contribution in [0, 0.1) is 0 Å². The summed E-state index contributed by atoms with van der Waals surface area (Å²) in [5.74, 6) is 1.32. The van der Waals surface area contributed by atoms with Crippen molar-refractivity contribution in [3.05, 3.63) is 95.8 Å². The van der Waals surface area contributed by atoms with E-state index in [1.807, 2.05) is 0 Å². The van der Waals surface area contributed by atoms with E-state index in [-0.39, 0.29) is 12.0 Å². The van der Waals surface area contributed by atoms with Crippen molar-refractivity contribution in [1.29, 1.82) is 0 Å². The van der Waals surface area contributed by atoms with Gasteiger partial charge >= 0.3 is 0 Å². The van der Waals surface area contributed by atoms with Crippen molar-refractivity contribution >= 4 is 74.8 Å². The van der Waals surface area contributed by atoms with E-state index >= 15 is 0 Å². The minimum Gasteiger partial charge on any atom is -0.458 e. The van der Waals surface area contributed by atoms with Crippen LogP contribution in [0.1, 0.15) is 28.8 Å². The van der Waals surface area contributed by atoms with Gasteiger partial charge in [0.15, 0.2) is 5.58 Å². The first-order valence-corrected chi connectivity index (χ1v) is 15.7. The van der Waals surface area contributed by atoms with Crippen LogP contribution in [-0.2, 0) is 0 Å². The van der Waals surface area contributed by atoms with Crippen LogP contribution in [0.3, 0.4) is 0 Å². The van der Waals surface area contributed by atoms with Crippen molar-refractivity contribution in [2.45, 2.75) is 25.1 Å². The molecule has 1 aliphatic heterocycles. The number of benzene rings is 4. The highest BCUT2D eigenvalue weighted by atomic mass is 28.3. The quantitative estimate of drug-likeness (QED) is 0.224. The molecule has 2 unspecified atom stereocenters. The van der Waals surface area contributed by atoms with Gasteiger partial charge in [0.1, 0.15) is 23.0 Å². The fourth-order valence-corrected chi connectivity index (χ4v) is 7.87. The number of fused-ring (bicyclic) bond motifs is 14. The minimum absolute atomic E-state index is 0.0790. The molecule has 7 aromatic rings. The fourth-order valence-electron chi connectivity index (χ4n) is 6.86. The van der Waals surface area contributed by atoms with Crippen LogP contribution >= 0.6 is 0 Å². The SMILES string of the molecule is C[SiH](C)c1cc2c3c(c1)c1ccc4c5ccccc5oc4c1n3C1c3oc4ccccc4c3C=CC21. The van der Waals surface area contributed by atoms with Gasteiger partial charge in [-0.3, -0.25) is 0 Å². The third-order valence-electron chi connectivity index (χ3n) is 8.50. The number of nitrogens with zero attached hydrogens (tertiary/aromatic N) is 1. The maximum atomic E-state index is 6.64. The molecule has 9 rings (SSSR count). The Morgan fingerprint density at radius 2 is 1.47 bits per heavy atom. The number of rotatable bonds is 1. The summed E-state index contributed by atoms with van der Waals surface area (Å²) in [6.07, 6.45) is 4.70. The van der Waals surface area contributed by atoms with E-state index in [0.717, 1.165) is 22.5 Å². The average molecular weight is 482 g/mol. The van der Waals surface area contributed by atoms with E-state index in [1.54, 1.807) is 0 Å². The minimum atomic E-state index is -1.01. The molecule has 1 aliphatic carbocycles. The number of aromatic nitrogens is 1. The number of hydrogen-bond donors (Lipinski definition) is 0. The first-order chi connectivity index (χ1) is 17.7. The number of para-hydroxylation sites is 2. The lowest BCUT2D eigenvalue weighted by atomic mass is 9.85. The molecule has 0 amide bonds. The average Bonchev–Trinajstić information content (AvgIpc) is 3.63. The molecule has 3 aromatic heterocycles. The lowest BCUT2D eigenvalue weighted by molar-refractivity contribution is 0.448. The predicted octanol–water partition coefficient (Wildman–Crippen LogP) is 7.85. The molecule has 4 heteroatoms. The molecular formula is C32H23NO2Si. The largest absolute Gasteiger partial charge is 0.458 e. The van der Waals surface area contributed by atoms with Crippen LogP contribution in [-0.4, -0.2) is 13.4 Å². The predicted molar refractivity (Wildman–Crippen MR) is 151 cm³/mol. The van der Waals surface area contributed by atoms with Crippen LogP contribution in [0.15, 0.2) is 87.7 Å². The van der Waals surface area contributed by atoms with Gasteiger partial charge in [0.25, 0.3) is 0 Å². The van der Waals surface area contributed by atoms with E-state index in [0.29, 0.717) is 0 Å². The zero-order chi connectivity index (χ0) is 23.7. The molecule has 0 saturated carbocycles. The van der Waals surface area contributed by atoms with Gasteiger partial charge in [-0.15, -0.1) is 0 Å². The lowest BCUT2D eigenvalue weighted by Crippen LogP contribution is -2.23. The van der Waals surface area contributed by atoms with Gasteiger partial charge in [-0.2, -0.15) is 0 Å². The Morgan fingerprint density at radius 1 is 0.722 bits per heavy atom. The molecule has 36 heavy (non-hydrogen) atoms. The zero-order valence-electron chi connectivity index (χ0n) is 20.1. The second-order valence-corrected chi connectivity index (χ2v) is 13.6. The van der Waals surface area contributed by atoms with E-state index in [2.05, 4.69) is 103 Å². The van der Waals surface area contributed by atoms with Gasteiger partial charge in [-0.1, -0.05) is 85.0 Å². The highest BCUT2D eigenvalue weighted by molar-refractivity contribution is 6.71. The van der Waals surface area contributed by atoms with Crippen molar-refractivity contribution in [3.8, 4) is 0 Å². The first-order valence-electron chi connectivity index (χ1n) is 12.8. The summed E-state index contributed by atoms with van der Waals surface area (Å²) in [7, 11) is -1.01. The molecule has 2 atom stereocenters. The van der Waals surface area contributed by atoms with Crippen molar-refractivity contribution < 1.29 is 8.83 Å². The second-order valence-electron chi connectivity index (χ2n) is 10.7. The van der Waals surface area contributed by atoms with Crippen LogP contribution in [0.4, 0.5) is 0 Å². The molecule has 4 heterocycles. The summed E-state index contributed by atoms with van der Waals surface area (Å²) >= 11 is 0. The van der Waals surface area contributed by atoms with E-state index in [9.17, 15) is 0 Å². The Bertz CT molecular complexity index is 2100. The van der Waals surface area contributed by atoms with Crippen LogP contribution < -0.4 is 5.19 Å². The monoisotopic (exact) mass is 481 g/mol. The van der Waals surface area contributed by atoms with Gasteiger partial charge in [0, 0.05) is 38.4 Å². The van der Waals surface area contributed by atoms with Crippen molar-refractivity contribution in [2.24, 2.45) is 0 Å². The maximum absolute atomic E-state index is 6.64. The Labute approximate surface area is 208 Å². The molecule has 4 aromatic carbocycles. The highest BCUT2D eigenvalue weighted by Gasteiger charge is 2.42. The fraction of sp³-hybridized carbons (Fsp3) is 0.125. The van der Waals surface area contributed by atoms with Gasteiger partial charge < -0.3 is 13.4 Å². The maximum Gasteiger partial charge on any atom is 0.159 e. The van der Waals surface area contributed by atoms with Gasteiger partial charge in [-0.05, 0) is 23.8 Å². The van der Waals surface area contributed by atoms with E-state index < -0.39 is 8.80 Å². The molecule has 0 spiro atoms. The Balaban J connectivity index is 1.49. The third-order valence-corrected chi connectivity index (χ3v) is 10.2. The summed E-state index contributed by atoms with van der Waals surface area (Å²) in [5, 5.41) is 7.68. The molecule has 0 bridgehead atoms. The molecule has 3 nitrogen and oxygen atoms in total. The van der Waals surface area contributed by atoms with E-state index in [4.69, 9.17) is 8.83 Å². The smallest absolute Gasteiger partial charge is 0.159 e. The molecule has 2 aliphatic rings. The van der Waals surface area contributed by atoms with Crippen LogP contribution in [0.5, 0.6) is 0 Å². The number of allylic oxidation sites excluding steroid dienone is 1. The van der Waals surface area contributed by atoms with Crippen molar-refractivity contribution in [3.63, 3.8) is 0 Å². The molecule has 0 saturated heterocycles. The Morgan fingerprint density at radius 3 is 2.31 bits per heavy atom. The van der Waals surface area contributed by atoms with Crippen molar-refractivity contribution in [1.82, 2.24) is 4.57 Å². The summed E-state index contributed by atoms with van der Waals surface area (Å²) in [6.45, 7) is 4.84. The Hall–Kier alpha value is -4.02. The first kappa shape index (κ1) is 19.2. The zero-order valence-corrected chi connectivity index (χ0v) is 21.2. The highest BCUT2D eigenvalue weighted by Crippen LogP contribution is 2.55. The van der Waals surface area contributed by atoms with E-state index in [1.165, 1.54) is 54.3 Å². The molecule has 0 N–H and O–H groups in total. The standard InChI is InChI=1S/C32H23NO2Si/c1-36(2)17-15-24-20-11-13-22-18-7-3-5-9-26(18)34-31(22)29(20)33-28(24)25(16-17)21-12-14-23-19-8-4-6-10-27(19)35-32(23)30(21)33/h3-16,20,29,36H,1-2H3. The van der Waals surface area contributed by atoms with Crippen molar-refractivity contribution in [2.75, 3.05) is 0 Å². The molecule has 0 radical (unpaired) electrons. The Kier molecular flexibility index (Phi) is 3.41. The summed E-state index contributed by atoms with van der Waals surface area (Å²) in [6, 6.07) is 26.4. The summed E-state index contributed by atoms with van der Waals surface area (Å²) in [4.78, 5) is 0. The lowest BCUT2D eigenvalue weighted by Gasteiger charge is -2.23. The van der Waals surface area contributed by atoms with Crippen LogP contribution in [0.2, 0.25) is 13.1 Å². The topological polar surface area (TPSA) is 31.2 Å². The second kappa shape index (κ2) is 6.39. The summed E-state index contributed by atoms with van der Waals surface area (Å²) < 4.78 is 15.8. The van der Waals surface area contributed by atoms with Gasteiger partial charge in [-0.25, -0.2) is 0 Å².